The van der Waals surface area contributed by atoms with Crippen molar-refractivity contribution in [2.24, 2.45) is 0 Å². The summed E-state index contributed by atoms with van der Waals surface area (Å²) in [6.45, 7) is 4.01. The summed E-state index contributed by atoms with van der Waals surface area (Å²) in [5.74, 6) is 0.846. The van der Waals surface area contributed by atoms with Crippen molar-refractivity contribution in [1.82, 2.24) is 10.2 Å². The largest absolute Gasteiger partial charge is 0.494 e. The van der Waals surface area contributed by atoms with Crippen molar-refractivity contribution >= 4 is 11.8 Å². The summed E-state index contributed by atoms with van der Waals surface area (Å²) in [6.07, 6.45) is 3.75. The predicted octanol–water partition coefficient (Wildman–Crippen LogP) is 3.83. The molecule has 0 unspecified atom stereocenters. The summed E-state index contributed by atoms with van der Waals surface area (Å²) in [4.78, 5) is 26.9. The first-order valence-electron chi connectivity index (χ1n) is 10.5. The van der Waals surface area contributed by atoms with Crippen LogP contribution >= 0.6 is 0 Å². The number of amides is 2. The summed E-state index contributed by atoms with van der Waals surface area (Å²) in [7, 11) is 0. The number of carbonyl (C=O) groups excluding carboxylic acids is 2. The molecule has 29 heavy (non-hydrogen) atoms. The second-order valence-corrected chi connectivity index (χ2v) is 7.50. The maximum Gasteiger partial charge on any atom is 0.253 e. The van der Waals surface area contributed by atoms with Crippen LogP contribution in [0.4, 0.5) is 0 Å². The Bertz CT molecular complexity index is 799. The van der Waals surface area contributed by atoms with E-state index in [2.05, 4.69) is 12.2 Å². The van der Waals surface area contributed by atoms with Crippen molar-refractivity contribution in [1.29, 1.82) is 0 Å². The number of nitrogens with zero attached hydrogens (tertiary/aromatic N) is 1. The third kappa shape index (κ3) is 6.34. The number of ether oxygens (including phenoxy) is 1. The Morgan fingerprint density at radius 2 is 1.83 bits per heavy atom. The second kappa shape index (κ2) is 10.6. The lowest BCUT2D eigenvalue weighted by Crippen LogP contribution is -2.46. The van der Waals surface area contributed by atoms with E-state index < -0.39 is 0 Å². The first kappa shape index (κ1) is 20.9. The third-order valence-corrected chi connectivity index (χ3v) is 5.18. The van der Waals surface area contributed by atoms with Gasteiger partial charge in [0.05, 0.1) is 6.61 Å². The lowest BCUT2D eigenvalue weighted by Gasteiger charge is -2.32. The average molecular weight is 395 g/mol. The van der Waals surface area contributed by atoms with E-state index in [4.69, 9.17) is 4.74 Å². The maximum absolute atomic E-state index is 12.8. The molecule has 0 bridgehead atoms. The molecule has 0 spiro atoms. The van der Waals surface area contributed by atoms with Gasteiger partial charge in [0.2, 0.25) is 5.91 Å². The molecule has 2 aromatic rings. The molecule has 1 N–H and O–H groups in total. The number of piperidine rings is 1. The van der Waals surface area contributed by atoms with Gasteiger partial charge in [-0.2, -0.15) is 0 Å². The van der Waals surface area contributed by atoms with Crippen molar-refractivity contribution in [2.75, 3.05) is 19.7 Å². The van der Waals surface area contributed by atoms with Gasteiger partial charge in [-0.1, -0.05) is 43.3 Å². The van der Waals surface area contributed by atoms with Gasteiger partial charge in [0.1, 0.15) is 5.75 Å². The third-order valence-electron chi connectivity index (χ3n) is 5.18. The Morgan fingerprint density at radius 1 is 1.07 bits per heavy atom. The molecule has 1 saturated heterocycles. The summed E-state index contributed by atoms with van der Waals surface area (Å²) in [5, 5.41) is 3.12. The zero-order chi connectivity index (χ0) is 20.5. The van der Waals surface area contributed by atoms with Crippen LogP contribution in [0.2, 0.25) is 0 Å². The Morgan fingerprint density at radius 3 is 2.55 bits per heavy atom. The molecular formula is C24H30N2O3. The normalized spacial score (nSPS) is 14.4. The van der Waals surface area contributed by atoms with Gasteiger partial charge >= 0.3 is 0 Å². The van der Waals surface area contributed by atoms with E-state index in [-0.39, 0.29) is 17.9 Å². The predicted molar refractivity (Wildman–Crippen MR) is 114 cm³/mol. The lowest BCUT2D eigenvalue weighted by atomic mass is 10.0. The molecule has 2 aromatic carbocycles. The van der Waals surface area contributed by atoms with Crippen LogP contribution < -0.4 is 10.1 Å². The van der Waals surface area contributed by atoms with E-state index in [9.17, 15) is 9.59 Å². The van der Waals surface area contributed by atoms with Crippen molar-refractivity contribution in [3.05, 3.63) is 65.7 Å². The summed E-state index contributed by atoms with van der Waals surface area (Å²) in [5.41, 5.74) is 1.83. The monoisotopic (exact) mass is 394 g/mol. The number of rotatable bonds is 8. The van der Waals surface area contributed by atoms with Gasteiger partial charge in [-0.15, -0.1) is 0 Å². The van der Waals surface area contributed by atoms with Crippen LogP contribution in [-0.4, -0.2) is 42.5 Å². The molecular weight excluding hydrogens is 364 g/mol. The van der Waals surface area contributed by atoms with Gasteiger partial charge in [0.25, 0.3) is 5.91 Å². The van der Waals surface area contributed by atoms with Crippen LogP contribution in [0.25, 0.3) is 0 Å². The Hall–Kier alpha value is -2.82. The highest BCUT2D eigenvalue weighted by atomic mass is 16.5. The molecule has 1 fully saturated rings. The van der Waals surface area contributed by atoms with Gasteiger partial charge in [0.15, 0.2) is 0 Å². The molecule has 0 atom stereocenters. The molecule has 0 aliphatic carbocycles. The molecule has 1 aliphatic rings. The molecule has 154 valence electrons. The Labute approximate surface area is 173 Å². The van der Waals surface area contributed by atoms with Gasteiger partial charge in [-0.05, 0) is 49.4 Å². The van der Waals surface area contributed by atoms with E-state index in [1.54, 1.807) is 0 Å². The molecule has 5 heteroatoms. The summed E-state index contributed by atoms with van der Waals surface area (Å²) in [6, 6.07) is 17.6. The van der Waals surface area contributed by atoms with E-state index in [0.717, 1.165) is 31.4 Å². The minimum atomic E-state index is 0.0285. The van der Waals surface area contributed by atoms with E-state index in [1.165, 1.54) is 5.56 Å². The zero-order valence-corrected chi connectivity index (χ0v) is 17.1. The smallest absolute Gasteiger partial charge is 0.253 e. The summed E-state index contributed by atoms with van der Waals surface area (Å²) < 4.78 is 5.63. The Balaban J connectivity index is 1.44. The standard InChI is InChI=1S/C24H30N2O3/c1-2-17-29-22-10-6-9-20(18-22)24(28)26-15-13-21(14-16-26)25-23(27)12-11-19-7-4-3-5-8-19/h3-10,18,21H,2,11-17H2,1H3,(H,25,27). The first-order valence-corrected chi connectivity index (χ1v) is 10.5. The number of hydrogen-bond donors (Lipinski definition) is 1. The summed E-state index contributed by atoms with van der Waals surface area (Å²) >= 11 is 0. The van der Waals surface area contributed by atoms with Crippen molar-refractivity contribution in [3.63, 3.8) is 0 Å². The zero-order valence-electron chi connectivity index (χ0n) is 17.1. The van der Waals surface area contributed by atoms with Gasteiger partial charge in [-0.25, -0.2) is 0 Å². The fourth-order valence-corrected chi connectivity index (χ4v) is 3.55. The molecule has 1 aliphatic heterocycles. The number of aryl methyl sites for hydroxylation is 1. The number of carbonyl (C=O) groups is 2. The van der Waals surface area contributed by atoms with E-state index in [0.29, 0.717) is 31.7 Å². The van der Waals surface area contributed by atoms with Crippen LogP contribution in [0.15, 0.2) is 54.6 Å². The SMILES string of the molecule is CCCOc1cccc(C(=O)N2CCC(NC(=O)CCc3ccccc3)CC2)c1. The van der Waals surface area contributed by atoms with Crippen LogP contribution in [0.1, 0.15) is 48.5 Å². The highest BCUT2D eigenvalue weighted by Crippen LogP contribution is 2.18. The minimum Gasteiger partial charge on any atom is -0.494 e. The molecule has 2 amide bonds. The van der Waals surface area contributed by atoms with Crippen LogP contribution in [-0.2, 0) is 11.2 Å². The number of hydrogen-bond acceptors (Lipinski definition) is 3. The highest BCUT2D eigenvalue weighted by Gasteiger charge is 2.24. The molecule has 0 radical (unpaired) electrons. The van der Waals surface area contributed by atoms with Crippen molar-refractivity contribution in [3.8, 4) is 5.75 Å². The number of likely N-dealkylation sites (tertiary alicyclic amines) is 1. The molecule has 5 nitrogen and oxygen atoms in total. The second-order valence-electron chi connectivity index (χ2n) is 7.50. The van der Waals surface area contributed by atoms with Gasteiger partial charge in [0, 0.05) is 31.1 Å². The topological polar surface area (TPSA) is 58.6 Å². The van der Waals surface area contributed by atoms with E-state index >= 15 is 0 Å². The van der Waals surface area contributed by atoms with Crippen LogP contribution in [0, 0.1) is 0 Å². The highest BCUT2D eigenvalue weighted by molar-refractivity contribution is 5.94. The van der Waals surface area contributed by atoms with Crippen molar-refractivity contribution < 1.29 is 14.3 Å². The maximum atomic E-state index is 12.8. The Kier molecular flexibility index (Phi) is 7.68. The molecule has 1 heterocycles. The number of benzene rings is 2. The quantitative estimate of drug-likeness (QED) is 0.740. The fraction of sp³-hybridized carbons (Fsp3) is 0.417. The van der Waals surface area contributed by atoms with Gasteiger partial charge < -0.3 is 15.0 Å². The van der Waals surface area contributed by atoms with Crippen LogP contribution in [0.5, 0.6) is 5.75 Å². The van der Waals surface area contributed by atoms with Crippen molar-refractivity contribution in [2.45, 2.75) is 45.1 Å². The molecule has 0 saturated carbocycles. The molecule has 0 aromatic heterocycles. The number of nitrogens with one attached hydrogen (secondary N) is 1. The molecule has 3 rings (SSSR count). The average Bonchev–Trinajstić information content (AvgIpc) is 2.77. The van der Waals surface area contributed by atoms with Crippen LogP contribution in [0.3, 0.4) is 0 Å². The van der Waals surface area contributed by atoms with Gasteiger partial charge in [-0.3, -0.25) is 9.59 Å². The fourth-order valence-electron chi connectivity index (χ4n) is 3.55. The van der Waals surface area contributed by atoms with E-state index in [1.807, 2.05) is 59.5 Å². The lowest BCUT2D eigenvalue weighted by molar-refractivity contribution is -0.122. The minimum absolute atomic E-state index is 0.0285. The first-order chi connectivity index (χ1) is 14.2.